The number of carbonyl (C=O) groups excluding carboxylic acids is 1. The average Bonchev–Trinajstić information content (AvgIpc) is 2.36. The molecule has 0 aromatic heterocycles. The van der Waals surface area contributed by atoms with Gasteiger partial charge in [-0.3, -0.25) is 9.69 Å². The van der Waals surface area contributed by atoms with Crippen molar-refractivity contribution in [2.45, 2.75) is 39.7 Å². The SMILES string of the molecule is COc1ccc(C)cc1N(CCC(=O)O)C(=O)OC(C)(C)C. The molecule has 22 heavy (non-hydrogen) atoms. The van der Waals surface area contributed by atoms with Gasteiger partial charge in [0, 0.05) is 6.54 Å². The highest BCUT2D eigenvalue weighted by atomic mass is 16.6. The third-order valence-corrected chi connectivity index (χ3v) is 2.79. The summed E-state index contributed by atoms with van der Waals surface area (Å²) in [5.74, 6) is -0.498. The number of carboxylic acids is 1. The average molecular weight is 309 g/mol. The van der Waals surface area contributed by atoms with E-state index in [1.165, 1.54) is 12.0 Å². The van der Waals surface area contributed by atoms with Gasteiger partial charge in [0.25, 0.3) is 0 Å². The van der Waals surface area contributed by atoms with Gasteiger partial charge in [-0.05, 0) is 45.4 Å². The molecule has 0 atom stereocenters. The zero-order valence-electron chi connectivity index (χ0n) is 13.7. The molecule has 1 aromatic rings. The van der Waals surface area contributed by atoms with E-state index < -0.39 is 17.7 Å². The Morgan fingerprint density at radius 3 is 2.41 bits per heavy atom. The van der Waals surface area contributed by atoms with Gasteiger partial charge < -0.3 is 14.6 Å². The van der Waals surface area contributed by atoms with Gasteiger partial charge in [0.2, 0.25) is 0 Å². The van der Waals surface area contributed by atoms with Crippen LogP contribution >= 0.6 is 0 Å². The van der Waals surface area contributed by atoms with Gasteiger partial charge in [-0.25, -0.2) is 4.79 Å². The number of hydrogen-bond acceptors (Lipinski definition) is 4. The summed E-state index contributed by atoms with van der Waals surface area (Å²) in [5, 5.41) is 8.89. The number of carboxylic acid groups (broad SMARTS) is 1. The molecule has 0 aliphatic carbocycles. The topological polar surface area (TPSA) is 76.1 Å². The number of hydrogen-bond donors (Lipinski definition) is 1. The molecule has 1 amide bonds. The Labute approximate surface area is 130 Å². The lowest BCUT2D eigenvalue weighted by Gasteiger charge is -2.28. The fraction of sp³-hybridized carbons (Fsp3) is 0.500. The minimum Gasteiger partial charge on any atom is -0.495 e. The summed E-state index contributed by atoms with van der Waals surface area (Å²) >= 11 is 0. The van der Waals surface area contributed by atoms with E-state index in [9.17, 15) is 9.59 Å². The molecule has 0 spiro atoms. The maximum Gasteiger partial charge on any atom is 0.414 e. The second kappa shape index (κ2) is 7.15. The van der Waals surface area contributed by atoms with Crippen LogP contribution in [0.3, 0.4) is 0 Å². The van der Waals surface area contributed by atoms with Crippen molar-refractivity contribution in [2.75, 3.05) is 18.6 Å². The van der Waals surface area contributed by atoms with Crippen molar-refractivity contribution in [3.8, 4) is 5.75 Å². The lowest BCUT2D eigenvalue weighted by Crippen LogP contribution is -2.38. The minimum atomic E-state index is -0.986. The number of aliphatic carboxylic acids is 1. The summed E-state index contributed by atoms with van der Waals surface area (Å²) in [5.41, 5.74) is 0.757. The molecule has 0 unspecified atom stereocenters. The fourth-order valence-electron chi connectivity index (χ4n) is 1.85. The molecule has 0 saturated heterocycles. The van der Waals surface area contributed by atoms with Gasteiger partial charge in [0.15, 0.2) is 0 Å². The normalized spacial score (nSPS) is 11.0. The molecule has 0 heterocycles. The lowest BCUT2D eigenvalue weighted by molar-refractivity contribution is -0.136. The molecule has 0 bridgehead atoms. The molecule has 0 fully saturated rings. The molecule has 1 aromatic carbocycles. The number of methoxy groups -OCH3 is 1. The number of ether oxygens (including phenoxy) is 2. The fourth-order valence-corrected chi connectivity index (χ4v) is 1.85. The number of anilines is 1. The Morgan fingerprint density at radius 2 is 1.91 bits per heavy atom. The molecular formula is C16H23NO5. The van der Waals surface area contributed by atoms with Crippen LogP contribution in [0.5, 0.6) is 5.75 Å². The molecule has 0 aliphatic heterocycles. The lowest BCUT2D eigenvalue weighted by atomic mass is 10.2. The summed E-state index contributed by atoms with van der Waals surface area (Å²) in [7, 11) is 1.50. The molecule has 1 rings (SSSR count). The molecule has 6 heteroatoms. The third-order valence-electron chi connectivity index (χ3n) is 2.79. The largest absolute Gasteiger partial charge is 0.495 e. The van der Waals surface area contributed by atoms with Crippen molar-refractivity contribution < 1.29 is 24.2 Å². The van der Waals surface area contributed by atoms with Crippen molar-refractivity contribution >= 4 is 17.7 Å². The zero-order valence-corrected chi connectivity index (χ0v) is 13.7. The maximum absolute atomic E-state index is 12.4. The first-order chi connectivity index (χ1) is 10.1. The van der Waals surface area contributed by atoms with Gasteiger partial charge in [0.1, 0.15) is 11.4 Å². The van der Waals surface area contributed by atoms with E-state index >= 15 is 0 Å². The van der Waals surface area contributed by atoms with E-state index in [0.29, 0.717) is 11.4 Å². The Balaban J connectivity index is 3.16. The molecule has 0 radical (unpaired) electrons. The van der Waals surface area contributed by atoms with Crippen LogP contribution in [0, 0.1) is 6.92 Å². The summed E-state index contributed by atoms with van der Waals surface area (Å²) in [6, 6.07) is 5.36. The van der Waals surface area contributed by atoms with Crippen LogP contribution in [-0.2, 0) is 9.53 Å². The molecule has 0 aliphatic rings. The maximum atomic E-state index is 12.4. The van der Waals surface area contributed by atoms with Crippen molar-refractivity contribution in [3.05, 3.63) is 23.8 Å². The number of nitrogens with zero attached hydrogens (tertiary/aromatic N) is 1. The number of rotatable bonds is 5. The minimum absolute atomic E-state index is 0.00403. The summed E-state index contributed by atoms with van der Waals surface area (Å²) < 4.78 is 10.6. The molecule has 1 N–H and O–H groups in total. The second-order valence-corrected chi connectivity index (χ2v) is 5.95. The standard InChI is InChI=1S/C16H23NO5/c1-11-6-7-13(21-5)12(10-11)17(9-8-14(18)19)15(20)22-16(2,3)4/h6-7,10H,8-9H2,1-5H3,(H,18,19). The van der Waals surface area contributed by atoms with E-state index in [-0.39, 0.29) is 13.0 Å². The van der Waals surface area contributed by atoms with Gasteiger partial charge in [-0.15, -0.1) is 0 Å². The quantitative estimate of drug-likeness (QED) is 0.903. The first-order valence-corrected chi connectivity index (χ1v) is 7.01. The van der Waals surface area contributed by atoms with E-state index in [0.717, 1.165) is 5.56 Å². The van der Waals surface area contributed by atoms with Crippen LogP contribution in [-0.4, -0.2) is 36.4 Å². The van der Waals surface area contributed by atoms with Gasteiger partial charge >= 0.3 is 12.1 Å². The monoisotopic (exact) mass is 309 g/mol. The van der Waals surface area contributed by atoms with E-state index in [1.807, 2.05) is 13.0 Å². The number of benzene rings is 1. The van der Waals surface area contributed by atoms with Crippen LogP contribution in [0.4, 0.5) is 10.5 Å². The van der Waals surface area contributed by atoms with Crippen LogP contribution in [0.1, 0.15) is 32.8 Å². The van der Waals surface area contributed by atoms with Crippen LogP contribution in [0.25, 0.3) is 0 Å². The number of amides is 1. The van der Waals surface area contributed by atoms with Crippen molar-refractivity contribution in [3.63, 3.8) is 0 Å². The van der Waals surface area contributed by atoms with Crippen molar-refractivity contribution in [1.82, 2.24) is 0 Å². The van der Waals surface area contributed by atoms with Gasteiger partial charge in [0.05, 0.1) is 19.2 Å². The Kier molecular flexibility index (Phi) is 5.79. The van der Waals surface area contributed by atoms with Crippen molar-refractivity contribution in [1.29, 1.82) is 0 Å². The second-order valence-electron chi connectivity index (χ2n) is 5.95. The Bertz CT molecular complexity index is 548. The van der Waals surface area contributed by atoms with E-state index in [4.69, 9.17) is 14.6 Å². The first kappa shape index (κ1) is 17.8. The summed E-state index contributed by atoms with van der Waals surface area (Å²) in [6.07, 6.45) is -0.784. The van der Waals surface area contributed by atoms with Crippen molar-refractivity contribution in [2.24, 2.45) is 0 Å². The van der Waals surface area contributed by atoms with E-state index in [2.05, 4.69) is 0 Å². The molecule has 122 valence electrons. The number of carbonyl (C=O) groups is 2. The predicted molar refractivity (Wildman–Crippen MR) is 83.6 cm³/mol. The van der Waals surface area contributed by atoms with Gasteiger partial charge in [-0.2, -0.15) is 0 Å². The van der Waals surface area contributed by atoms with Crippen LogP contribution < -0.4 is 9.64 Å². The molecule has 6 nitrogen and oxygen atoms in total. The van der Waals surface area contributed by atoms with Gasteiger partial charge in [-0.1, -0.05) is 6.07 Å². The molecular weight excluding hydrogens is 286 g/mol. The summed E-state index contributed by atoms with van der Waals surface area (Å²) in [4.78, 5) is 24.6. The smallest absolute Gasteiger partial charge is 0.414 e. The third kappa shape index (κ3) is 5.27. The highest BCUT2D eigenvalue weighted by molar-refractivity contribution is 5.90. The van der Waals surface area contributed by atoms with Crippen LogP contribution in [0.15, 0.2) is 18.2 Å². The highest BCUT2D eigenvalue weighted by Gasteiger charge is 2.26. The Hall–Kier alpha value is -2.24. The Morgan fingerprint density at radius 1 is 1.27 bits per heavy atom. The first-order valence-electron chi connectivity index (χ1n) is 7.01. The van der Waals surface area contributed by atoms with E-state index in [1.54, 1.807) is 32.9 Å². The highest BCUT2D eigenvalue weighted by Crippen LogP contribution is 2.30. The summed E-state index contributed by atoms with van der Waals surface area (Å²) in [6.45, 7) is 7.16. The predicted octanol–water partition coefficient (Wildman–Crippen LogP) is 3.22. The molecule has 0 saturated carbocycles. The van der Waals surface area contributed by atoms with Crippen LogP contribution in [0.2, 0.25) is 0 Å². The number of aryl methyl sites for hydroxylation is 1. The zero-order chi connectivity index (χ0) is 16.9.